The van der Waals surface area contributed by atoms with Gasteiger partial charge in [0.2, 0.25) is 10.0 Å². The highest BCUT2D eigenvalue weighted by atomic mass is 32.2. The molecule has 31 heavy (non-hydrogen) atoms. The molecular formula is C21H22N4O5S. The van der Waals surface area contributed by atoms with Crippen molar-refractivity contribution >= 4 is 21.6 Å². The number of aromatic amines is 1. The van der Waals surface area contributed by atoms with Crippen LogP contribution in [0.2, 0.25) is 0 Å². The van der Waals surface area contributed by atoms with E-state index in [1.165, 1.54) is 16.4 Å². The molecule has 9 nitrogen and oxygen atoms in total. The standard InChI is InChI=1S/C21H22N4O5S/c1-29-17-6-2-15(3-7-17)19-14-20(24-23-19)21(26)22-16-4-8-18(9-5-16)31(27,28)25-10-12-30-13-11-25/h2-9,14H,10-13H2,1H3,(H,22,26)(H,23,24). The number of hydrogen-bond donors (Lipinski definition) is 2. The number of amides is 1. The molecule has 162 valence electrons. The van der Waals surface area contributed by atoms with Gasteiger partial charge in [0.1, 0.15) is 11.4 Å². The van der Waals surface area contributed by atoms with Crippen LogP contribution in [0.3, 0.4) is 0 Å². The molecule has 3 aromatic rings. The maximum Gasteiger partial charge on any atom is 0.273 e. The van der Waals surface area contributed by atoms with Crippen molar-refractivity contribution < 1.29 is 22.7 Å². The molecule has 0 saturated carbocycles. The molecule has 0 radical (unpaired) electrons. The number of nitrogens with one attached hydrogen (secondary N) is 2. The normalized spacial score (nSPS) is 14.9. The molecule has 1 fully saturated rings. The van der Waals surface area contributed by atoms with Gasteiger partial charge in [0.15, 0.2) is 0 Å². The minimum atomic E-state index is -3.58. The van der Waals surface area contributed by atoms with Crippen molar-refractivity contribution in [3.05, 3.63) is 60.3 Å². The molecule has 2 N–H and O–H groups in total. The third-order valence-electron chi connectivity index (χ3n) is 4.93. The summed E-state index contributed by atoms with van der Waals surface area (Å²) in [6.07, 6.45) is 0. The summed E-state index contributed by atoms with van der Waals surface area (Å²) in [4.78, 5) is 12.7. The zero-order valence-electron chi connectivity index (χ0n) is 16.9. The number of benzene rings is 2. The molecule has 1 aromatic heterocycles. The van der Waals surface area contributed by atoms with Gasteiger partial charge in [0, 0.05) is 24.3 Å². The van der Waals surface area contributed by atoms with Crippen molar-refractivity contribution in [3.63, 3.8) is 0 Å². The van der Waals surface area contributed by atoms with Gasteiger partial charge in [-0.3, -0.25) is 9.89 Å². The van der Waals surface area contributed by atoms with E-state index in [0.29, 0.717) is 37.7 Å². The molecule has 0 atom stereocenters. The molecule has 1 saturated heterocycles. The molecule has 0 aliphatic carbocycles. The van der Waals surface area contributed by atoms with Crippen LogP contribution in [0.15, 0.2) is 59.5 Å². The van der Waals surface area contributed by atoms with E-state index < -0.39 is 10.0 Å². The number of sulfonamides is 1. The molecule has 2 aromatic carbocycles. The Bertz CT molecular complexity index is 1150. The van der Waals surface area contributed by atoms with Crippen molar-refractivity contribution in [3.8, 4) is 17.0 Å². The summed E-state index contributed by atoms with van der Waals surface area (Å²) in [7, 11) is -1.98. The number of anilines is 1. The number of carbonyl (C=O) groups is 1. The first-order chi connectivity index (χ1) is 15.0. The van der Waals surface area contributed by atoms with Gasteiger partial charge in [0.05, 0.1) is 30.9 Å². The van der Waals surface area contributed by atoms with Gasteiger partial charge in [-0.25, -0.2) is 8.42 Å². The van der Waals surface area contributed by atoms with Crippen molar-refractivity contribution in [1.82, 2.24) is 14.5 Å². The fraction of sp³-hybridized carbons (Fsp3) is 0.238. The zero-order chi connectivity index (χ0) is 21.8. The van der Waals surface area contributed by atoms with Crippen LogP contribution in [-0.4, -0.2) is 62.2 Å². The predicted octanol–water partition coefficient (Wildman–Crippen LogP) is 2.36. The van der Waals surface area contributed by atoms with Crippen molar-refractivity contribution in [2.24, 2.45) is 0 Å². The van der Waals surface area contributed by atoms with Gasteiger partial charge in [0.25, 0.3) is 5.91 Å². The van der Waals surface area contributed by atoms with Gasteiger partial charge in [-0.05, 0) is 54.6 Å². The molecule has 2 heterocycles. The Hall–Kier alpha value is -3.21. The fourth-order valence-corrected chi connectivity index (χ4v) is 4.60. The van der Waals surface area contributed by atoms with E-state index in [0.717, 1.165) is 11.3 Å². The number of ether oxygens (including phenoxy) is 2. The Morgan fingerprint density at radius 2 is 1.77 bits per heavy atom. The maximum atomic E-state index is 12.7. The lowest BCUT2D eigenvalue weighted by Gasteiger charge is -2.26. The summed E-state index contributed by atoms with van der Waals surface area (Å²) in [6, 6.07) is 15.1. The first-order valence-electron chi connectivity index (χ1n) is 9.66. The van der Waals surface area contributed by atoms with Gasteiger partial charge < -0.3 is 14.8 Å². The average Bonchev–Trinajstić information content (AvgIpc) is 3.31. The number of H-pyrrole nitrogens is 1. The van der Waals surface area contributed by atoms with E-state index in [-0.39, 0.29) is 16.5 Å². The largest absolute Gasteiger partial charge is 0.497 e. The highest BCUT2D eigenvalue weighted by molar-refractivity contribution is 7.89. The zero-order valence-corrected chi connectivity index (χ0v) is 17.7. The van der Waals surface area contributed by atoms with Crippen LogP contribution in [0, 0.1) is 0 Å². The minimum absolute atomic E-state index is 0.177. The summed E-state index contributed by atoms with van der Waals surface area (Å²) in [5, 5.41) is 9.65. The monoisotopic (exact) mass is 442 g/mol. The van der Waals surface area contributed by atoms with E-state index in [4.69, 9.17) is 9.47 Å². The van der Waals surface area contributed by atoms with E-state index in [1.54, 1.807) is 25.3 Å². The third kappa shape index (κ3) is 4.61. The highest BCUT2D eigenvalue weighted by Crippen LogP contribution is 2.22. The molecule has 0 bridgehead atoms. The van der Waals surface area contributed by atoms with Crippen molar-refractivity contribution in [2.45, 2.75) is 4.90 Å². The van der Waals surface area contributed by atoms with Gasteiger partial charge in [-0.15, -0.1) is 0 Å². The summed E-state index contributed by atoms with van der Waals surface area (Å²) < 4.78 is 37.1. The number of carbonyl (C=O) groups excluding carboxylic acids is 1. The number of hydrogen-bond acceptors (Lipinski definition) is 6. The lowest BCUT2D eigenvalue weighted by molar-refractivity contribution is 0.0730. The van der Waals surface area contributed by atoms with E-state index in [2.05, 4.69) is 15.5 Å². The summed E-state index contributed by atoms with van der Waals surface area (Å²) in [6.45, 7) is 1.43. The van der Waals surface area contributed by atoms with Crippen molar-refractivity contribution in [2.75, 3.05) is 38.7 Å². The molecule has 1 aliphatic heterocycles. The second-order valence-electron chi connectivity index (χ2n) is 6.89. The second kappa shape index (κ2) is 8.88. The Kier molecular flexibility index (Phi) is 6.03. The van der Waals surface area contributed by atoms with E-state index in [1.807, 2.05) is 24.3 Å². The van der Waals surface area contributed by atoms with E-state index in [9.17, 15) is 13.2 Å². The number of morpholine rings is 1. The van der Waals surface area contributed by atoms with E-state index >= 15 is 0 Å². The Morgan fingerprint density at radius 3 is 2.42 bits per heavy atom. The van der Waals surface area contributed by atoms with Gasteiger partial charge in [-0.1, -0.05) is 0 Å². The lowest BCUT2D eigenvalue weighted by Crippen LogP contribution is -2.40. The molecule has 10 heteroatoms. The topological polar surface area (TPSA) is 114 Å². The highest BCUT2D eigenvalue weighted by Gasteiger charge is 2.26. The Labute approximate surface area is 180 Å². The first-order valence-corrected chi connectivity index (χ1v) is 11.1. The van der Waals surface area contributed by atoms with Gasteiger partial charge >= 0.3 is 0 Å². The smallest absolute Gasteiger partial charge is 0.273 e. The van der Waals surface area contributed by atoms with Crippen LogP contribution in [0.1, 0.15) is 10.5 Å². The van der Waals surface area contributed by atoms with Gasteiger partial charge in [-0.2, -0.15) is 9.40 Å². The second-order valence-corrected chi connectivity index (χ2v) is 8.83. The van der Waals surface area contributed by atoms with Crippen molar-refractivity contribution in [1.29, 1.82) is 0 Å². The number of aromatic nitrogens is 2. The van der Waals surface area contributed by atoms with Crippen LogP contribution in [0.25, 0.3) is 11.3 Å². The first kappa shape index (κ1) is 21.0. The summed E-state index contributed by atoms with van der Waals surface area (Å²) in [5.41, 5.74) is 2.23. The quantitative estimate of drug-likeness (QED) is 0.606. The van der Waals surface area contributed by atoms with Crippen LogP contribution in [-0.2, 0) is 14.8 Å². The SMILES string of the molecule is COc1ccc(-c2cc(C(=O)Nc3ccc(S(=O)(=O)N4CCOCC4)cc3)[nH]n2)cc1. The summed E-state index contributed by atoms with van der Waals surface area (Å²) >= 11 is 0. The minimum Gasteiger partial charge on any atom is -0.497 e. The molecule has 1 amide bonds. The fourth-order valence-electron chi connectivity index (χ4n) is 3.19. The lowest BCUT2D eigenvalue weighted by atomic mass is 10.1. The maximum absolute atomic E-state index is 12.7. The molecular weight excluding hydrogens is 420 g/mol. The van der Waals surface area contributed by atoms with Crippen LogP contribution >= 0.6 is 0 Å². The number of nitrogens with zero attached hydrogens (tertiary/aromatic N) is 2. The third-order valence-corrected chi connectivity index (χ3v) is 6.84. The molecule has 0 unspecified atom stereocenters. The molecule has 4 rings (SSSR count). The number of methoxy groups -OCH3 is 1. The average molecular weight is 442 g/mol. The Balaban J connectivity index is 1.43. The molecule has 1 aliphatic rings. The number of rotatable bonds is 6. The Morgan fingerprint density at radius 1 is 1.10 bits per heavy atom. The predicted molar refractivity (Wildman–Crippen MR) is 115 cm³/mol. The summed E-state index contributed by atoms with van der Waals surface area (Å²) in [5.74, 6) is 0.354. The van der Waals surface area contributed by atoms with Crippen LogP contribution < -0.4 is 10.1 Å². The molecule has 0 spiro atoms. The van der Waals surface area contributed by atoms with Crippen LogP contribution in [0.4, 0.5) is 5.69 Å². The van der Waals surface area contributed by atoms with Crippen LogP contribution in [0.5, 0.6) is 5.75 Å².